The molecule has 20 heavy (non-hydrogen) atoms. The molecular formula is C14H18N4O2. The van der Waals surface area contributed by atoms with Crippen LogP contribution >= 0.6 is 0 Å². The van der Waals surface area contributed by atoms with E-state index in [0.29, 0.717) is 19.3 Å². The molecule has 1 amide bonds. The lowest BCUT2D eigenvalue weighted by molar-refractivity contribution is -0.116. The number of aliphatic hydroxyl groups is 1. The van der Waals surface area contributed by atoms with Gasteiger partial charge in [0, 0.05) is 31.3 Å². The molecule has 0 aliphatic rings. The summed E-state index contributed by atoms with van der Waals surface area (Å²) in [6.45, 7) is 0.120. The first-order valence-corrected chi connectivity index (χ1v) is 6.56. The van der Waals surface area contributed by atoms with Crippen molar-refractivity contribution < 1.29 is 9.90 Å². The number of benzene rings is 1. The molecule has 1 aromatic heterocycles. The average molecular weight is 274 g/mol. The summed E-state index contributed by atoms with van der Waals surface area (Å²) in [6, 6.07) is 7.50. The molecule has 6 nitrogen and oxygen atoms in total. The van der Waals surface area contributed by atoms with Crippen LogP contribution < -0.4 is 5.32 Å². The number of nitrogens with zero attached hydrogens (tertiary/aromatic N) is 3. The smallest absolute Gasteiger partial charge is 0.224 e. The molecule has 0 radical (unpaired) electrons. The van der Waals surface area contributed by atoms with Gasteiger partial charge >= 0.3 is 0 Å². The number of hydrogen-bond acceptors (Lipinski definition) is 4. The van der Waals surface area contributed by atoms with E-state index in [1.165, 1.54) is 0 Å². The van der Waals surface area contributed by atoms with Crippen molar-refractivity contribution in [1.29, 1.82) is 0 Å². The number of aliphatic hydroxyl groups excluding tert-OH is 1. The average Bonchev–Trinajstić information content (AvgIpc) is 2.85. The van der Waals surface area contributed by atoms with Crippen molar-refractivity contribution in [2.75, 3.05) is 11.9 Å². The first-order valence-electron chi connectivity index (χ1n) is 6.56. The van der Waals surface area contributed by atoms with Crippen molar-refractivity contribution in [3.05, 3.63) is 30.6 Å². The van der Waals surface area contributed by atoms with Crippen molar-refractivity contribution >= 4 is 11.6 Å². The number of amides is 1. The minimum absolute atomic E-state index is 0.0476. The summed E-state index contributed by atoms with van der Waals surface area (Å²) < 4.78 is 1.82. The maximum Gasteiger partial charge on any atom is 0.224 e. The number of unbranched alkanes of at least 4 members (excludes halogenated alkanes) is 1. The van der Waals surface area contributed by atoms with Gasteiger partial charge in [-0.15, -0.1) is 10.2 Å². The standard InChI is InChI=1S/C14H18N4O2/c1-18-10-15-17-14(18)11-5-4-6-12(9-11)16-13(20)7-2-3-8-19/h4-6,9-10,19H,2-3,7-8H2,1H3,(H,16,20). The summed E-state index contributed by atoms with van der Waals surface area (Å²) in [5.74, 6) is 0.704. The van der Waals surface area contributed by atoms with Crippen molar-refractivity contribution in [2.24, 2.45) is 7.05 Å². The van der Waals surface area contributed by atoms with Crippen LogP contribution in [0.4, 0.5) is 5.69 Å². The van der Waals surface area contributed by atoms with E-state index in [9.17, 15) is 4.79 Å². The number of carbonyl (C=O) groups excluding carboxylic acids is 1. The number of carbonyl (C=O) groups is 1. The van der Waals surface area contributed by atoms with E-state index < -0.39 is 0 Å². The normalized spacial score (nSPS) is 10.5. The highest BCUT2D eigenvalue weighted by Crippen LogP contribution is 2.20. The number of nitrogens with one attached hydrogen (secondary N) is 1. The molecule has 0 aliphatic carbocycles. The molecule has 0 spiro atoms. The van der Waals surface area contributed by atoms with Gasteiger partial charge in [-0.3, -0.25) is 4.79 Å². The van der Waals surface area contributed by atoms with Crippen molar-refractivity contribution in [3.8, 4) is 11.4 Å². The summed E-state index contributed by atoms with van der Waals surface area (Å²) in [5, 5.41) is 19.4. The van der Waals surface area contributed by atoms with Gasteiger partial charge in [0.05, 0.1) is 0 Å². The molecule has 1 aromatic carbocycles. The fraction of sp³-hybridized carbons (Fsp3) is 0.357. The lowest BCUT2D eigenvalue weighted by Gasteiger charge is -2.07. The highest BCUT2D eigenvalue weighted by Gasteiger charge is 2.07. The molecule has 0 atom stereocenters. The fourth-order valence-corrected chi connectivity index (χ4v) is 1.90. The summed E-state index contributed by atoms with van der Waals surface area (Å²) in [4.78, 5) is 11.7. The lowest BCUT2D eigenvalue weighted by atomic mass is 10.1. The largest absolute Gasteiger partial charge is 0.396 e. The van der Waals surface area contributed by atoms with E-state index in [1.54, 1.807) is 6.33 Å². The van der Waals surface area contributed by atoms with Gasteiger partial charge in [-0.1, -0.05) is 12.1 Å². The molecule has 0 saturated carbocycles. The van der Waals surface area contributed by atoms with E-state index in [1.807, 2.05) is 35.9 Å². The topological polar surface area (TPSA) is 80.0 Å². The maximum absolute atomic E-state index is 11.7. The highest BCUT2D eigenvalue weighted by atomic mass is 16.3. The molecule has 2 N–H and O–H groups in total. The van der Waals surface area contributed by atoms with Crippen LogP contribution in [0.2, 0.25) is 0 Å². The van der Waals surface area contributed by atoms with Crippen LogP contribution in [0.3, 0.4) is 0 Å². The second-order valence-corrected chi connectivity index (χ2v) is 4.58. The number of hydrogen-bond donors (Lipinski definition) is 2. The molecule has 0 bridgehead atoms. The van der Waals surface area contributed by atoms with Crippen molar-refractivity contribution in [2.45, 2.75) is 19.3 Å². The Morgan fingerprint density at radius 2 is 2.25 bits per heavy atom. The molecule has 106 valence electrons. The number of rotatable bonds is 6. The Morgan fingerprint density at radius 3 is 2.95 bits per heavy atom. The summed E-state index contributed by atoms with van der Waals surface area (Å²) in [5.41, 5.74) is 1.64. The van der Waals surface area contributed by atoms with Crippen LogP contribution in [0.5, 0.6) is 0 Å². The van der Waals surface area contributed by atoms with Crippen molar-refractivity contribution in [1.82, 2.24) is 14.8 Å². The fourth-order valence-electron chi connectivity index (χ4n) is 1.90. The summed E-state index contributed by atoms with van der Waals surface area (Å²) >= 11 is 0. The Kier molecular flexibility index (Phi) is 4.84. The van der Waals surface area contributed by atoms with Crippen LogP contribution in [0.25, 0.3) is 11.4 Å². The Labute approximate surface area is 117 Å². The Balaban J connectivity index is 2.03. The van der Waals surface area contributed by atoms with Gasteiger partial charge in [0.15, 0.2) is 5.82 Å². The maximum atomic E-state index is 11.7. The Morgan fingerprint density at radius 1 is 1.40 bits per heavy atom. The zero-order valence-corrected chi connectivity index (χ0v) is 11.4. The van der Waals surface area contributed by atoms with Gasteiger partial charge in [-0.2, -0.15) is 0 Å². The second kappa shape index (κ2) is 6.81. The monoisotopic (exact) mass is 274 g/mol. The summed E-state index contributed by atoms with van der Waals surface area (Å²) in [6.07, 6.45) is 3.38. The first-order chi connectivity index (χ1) is 9.70. The van der Waals surface area contributed by atoms with Gasteiger partial charge in [0.25, 0.3) is 0 Å². The van der Waals surface area contributed by atoms with Gasteiger partial charge in [0.1, 0.15) is 6.33 Å². The van der Waals surface area contributed by atoms with E-state index in [2.05, 4.69) is 15.5 Å². The zero-order chi connectivity index (χ0) is 14.4. The van der Waals surface area contributed by atoms with Crippen LogP contribution in [-0.2, 0) is 11.8 Å². The zero-order valence-electron chi connectivity index (χ0n) is 11.4. The molecular weight excluding hydrogens is 256 g/mol. The number of anilines is 1. The molecule has 2 aromatic rings. The third-order valence-electron chi connectivity index (χ3n) is 2.93. The molecule has 0 saturated heterocycles. The number of aromatic nitrogens is 3. The SMILES string of the molecule is Cn1cnnc1-c1cccc(NC(=O)CCCCO)c1. The van der Waals surface area contributed by atoms with Gasteiger partial charge < -0.3 is 15.0 Å². The van der Waals surface area contributed by atoms with E-state index in [-0.39, 0.29) is 12.5 Å². The Hall–Kier alpha value is -2.21. The Bertz CT molecular complexity index is 580. The lowest BCUT2D eigenvalue weighted by Crippen LogP contribution is -2.11. The second-order valence-electron chi connectivity index (χ2n) is 4.58. The van der Waals surface area contributed by atoms with Gasteiger partial charge in [-0.05, 0) is 25.0 Å². The van der Waals surface area contributed by atoms with Crippen molar-refractivity contribution in [3.63, 3.8) is 0 Å². The predicted molar refractivity (Wildman–Crippen MR) is 76.0 cm³/mol. The third-order valence-corrected chi connectivity index (χ3v) is 2.93. The molecule has 1 heterocycles. The predicted octanol–water partition coefficient (Wildman–Crippen LogP) is 1.58. The first kappa shape index (κ1) is 14.2. The van der Waals surface area contributed by atoms with Crippen LogP contribution in [0.15, 0.2) is 30.6 Å². The van der Waals surface area contributed by atoms with E-state index in [0.717, 1.165) is 17.1 Å². The molecule has 0 unspecified atom stereocenters. The molecule has 0 fully saturated rings. The quantitative estimate of drug-likeness (QED) is 0.784. The van der Waals surface area contributed by atoms with E-state index >= 15 is 0 Å². The molecule has 0 aliphatic heterocycles. The van der Waals surface area contributed by atoms with Crippen LogP contribution in [-0.4, -0.2) is 32.4 Å². The van der Waals surface area contributed by atoms with E-state index in [4.69, 9.17) is 5.11 Å². The van der Waals surface area contributed by atoms with Crippen LogP contribution in [0, 0.1) is 0 Å². The minimum atomic E-state index is -0.0476. The third kappa shape index (κ3) is 3.64. The molecule has 2 rings (SSSR count). The number of aryl methyl sites for hydroxylation is 1. The van der Waals surface area contributed by atoms with Gasteiger partial charge in [0.2, 0.25) is 5.91 Å². The molecule has 6 heteroatoms. The summed E-state index contributed by atoms with van der Waals surface area (Å²) in [7, 11) is 1.87. The van der Waals surface area contributed by atoms with Gasteiger partial charge in [-0.25, -0.2) is 0 Å². The van der Waals surface area contributed by atoms with Crippen LogP contribution in [0.1, 0.15) is 19.3 Å². The minimum Gasteiger partial charge on any atom is -0.396 e. The highest BCUT2D eigenvalue weighted by molar-refractivity contribution is 5.91.